The van der Waals surface area contributed by atoms with Gasteiger partial charge in [-0.2, -0.15) is 4.98 Å². The summed E-state index contributed by atoms with van der Waals surface area (Å²) >= 11 is 0. The van der Waals surface area contributed by atoms with E-state index in [1.54, 1.807) is 49.2 Å². The molecule has 3 rings (SSSR count). The monoisotopic (exact) mass is 369 g/mol. The van der Waals surface area contributed by atoms with Gasteiger partial charge in [-0.15, -0.1) is 0 Å². The maximum absolute atomic E-state index is 13.8. The van der Waals surface area contributed by atoms with Gasteiger partial charge in [0.05, 0.1) is 5.56 Å². The van der Waals surface area contributed by atoms with Gasteiger partial charge in [0.2, 0.25) is 0 Å². The lowest BCUT2D eigenvalue weighted by Crippen LogP contribution is -2.39. The minimum Gasteiger partial charge on any atom is -0.481 e. The number of para-hydroxylation sites is 1. The van der Waals surface area contributed by atoms with Crippen LogP contribution in [-0.4, -0.2) is 40.6 Å². The molecule has 1 atom stereocenters. The van der Waals surface area contributed by atoms with Gasteiger partial charge in [0.25, 0.3) is 11.8 Å². The molecule has 0 bridgehead atoms. The molecule has 0 N–H and O–H groups in total. The molecule has 2 aromatic carbocycles. The first-order chi connectivity index (χ1) is 13.0. The number of likely N-dealkylation sites (N-methyl/N-ethyl adjacent to an activating group) is 1. The summed E-state index contributed by atoms with van der Waals surface area (Å²) in [4.78, 5) is 18.2. The smallest absolute Gasteiger partial charge is 0.263 e. The van der Waals surface area contributed by atoms with Crippen LogP contribution in [0.3, 0.4) is 0 Å². The minimum absolute atomic E-state index is 0.123. The predicted octanol–water partition coefficient (Wildman–Crippen LogP) is 3.34. The van der Waals surface area contributed by atoms with Crippen molar-refractivity contribution < 1.29 is 18.4 Å². The topological polar surface area (TPSA) is 68.5 Å². The molecule has 0 saturated carbocycles. The van der Waals surface area contributed by atoms with Crippen molar-refractivity contribution in [1.29, 1.82) is 0 Å². The molecule has 1 heterocycles. The summed E-state index contributed by atoms with van der Waals surface area (Å²) < 4.78 is 24.5. The van der Waals surface area contributed by atoms with E-state index in [-0.39, 0.29) is 17.4 Å². The third kappa shape index (κ3) is 4.69. The van der Waals surface area contributed by atoms with Crippen LogP contribution in [0, 0.1) is 5.82 Å². The SMILES string of the molecule is C[C@H](Oc1ccccc1)C(=O)N(C)CCc1noc(-c2ccccc2F)n1. The maximum atomic E-state index is 13.8. The Labute approximate surface area is 156 Å². The summed E-state index contributed by atoms with van der Waals surface area (Å²) in [5, 5.41) is 3.86. The van der Waals surface area contributed by atoms with E-state index in [1.165, 1.54) is 6.07 Å². The second-order valence-electron chi connectivity index (χ2n) is 6.08. The highest BCUT2D eigenvalue weighted by atomic mass is 19.1. The molecule has 0 aliphatic heterocycles. The van der Waals surface area contributed by atoms with E-state index in [4.69, 9.17) is 9.26 Å². The average Bonchev–Trinajstić information content (AvgIpc) is 3.15. The zero-order valence-electron chi connectivity index (χ0n) is 15.1. The van der Waals surface area contributed by atoms with Crippen LogP contribution in [0.15, 0.2) is 59.1 Å². The average molecular weight is 369 g/mol. The molecule has 1 amide bonds. The van der Waals surface area contributed by atoms with E-state index in [1.807, 2.05) is 18.2 Å². The summed E-state index contributed by atoms with van der Waals surface area (Å²) in [6.07, 6.45) is -0.227. The van der Waals surface area contributed by atoms with Gasteiger partial charge in [0.1, 0.15) is 11.6 Å². The lowest BCUT2D eigenvalue weighted by Gasteiger charge is -2.21. The van der Waals surface area contributed by atoms with E-state index in [2.05, 4.69) is 10.1 Å². The molecule has 0 aliphatic rings. The van der Waals surface area contributed by atoms with Gasteiger partial charge in [0, 0.05) is 20.0 Å². The fourth-order valence-corrected chi connectivity index (χ4v) is 2.54. The second-order valence-corrected chi connectivity index (χ2v) is 6.08. The molecule has 27 heavy (non-hydrogen) atoms. The zero-order chi connectivity index (χ0) is 19.2. The van der Waals surface area contributed by atoms with Crippen molar-refractivity contribution in [2.45, 2.75) is 19.4 Å². The van der Waals surface area contributed by atoms with Crippen LogP contribution < -0.4 is 4.74 Å². The molecule has 0 radical (unpaired) electrons. The summed E-state index contributed by atoms with van der Waals surface area (Å²) in [6.45, 7) is 2.09. The van der Waals surface area contributed by atoms with Crippen molar-refractivity contribution in [1.82, 2.24) is 15.0 Å². The van der Waals surface area contributed by atoms with E-state index >= 15 is 0 Å². The van der Waals surface area contributed by atoms with Gasteiger partial charge in [-0.25, -0.2) is 4.39 Å². The molecule has 6 nitrogen and oxygen atoms in total. The first-order valence-electron chi connectivity index (χ1n) is 8.59. The third-order valence-electron chi connectivity index (χ3n) is 4.02. The summed E-state index contributed by atoms with van der Waals surface area (Å²) in [5.41, 5.74) is 0.255. The summed E-state index contributed by atoms with van der Waals surface area (Å²) in [6, 6.07) is 15.4. The summed E-state index contributed by atoms with van der Waals surface area (Å²) in [7, 11) is 1.69. The van der Waals surface area contributed by atoms with Gasteiger partial charge in [-0.05, 0) is 31.2 Å². The predicted molar refractivity (Wildman–Crippen MR) is 97.6 cm³/mol. The van der Waals surface area contributed by atoms with Crippen LogP contribution in [0.2, 0.25) is 0 Å². The largest absolute Gasteiger partial charge is 0.481 e. The lowest BCUT2D eigenvalue weighted by molar-refractivity contribution is -0.136. The Kier molecular flexibility index (Phi) is 5.80. The van der Waals surface area contributed by atoms with E-state index in [0.717, 1.165) is 0 Å². The molecular weight excluding hydrogens is 349 g/mol. The Morgan fingerprint density at radius 3 is 2.63 bits per heavy atom. The van der Waals surface area contributed by atoms with Crippen LogP contribution >= 0.6 is 0 Å². The molecule has 7 heteroatoms. The lowest BCUT2D eigenvalue weighted by atomic mass is 10.2. The molecule has 0 unspecified atom stereocenters. The number of nitrogens with zero attached hydrogens (tertiary/aromatic N) is 3. The van der Waals surface area contributed by atoms with Crippen LogP contribution in [0.25, 0.3) is 11.5 Å². The Hall–Kier alpha value is -3.22. The third-order valence-corrected chi connectivity index (χ3v) is 4.02. The number of amides is 1. The molecular formula is C20H20FN3O3. The van der Waals surface area contributed by atoms with Crippen LogP contribution in [-0.2, 0) is 11.2 Å². The molecule has 1 aromatic heterocycles. The zero-order valence-corrected chi connectivity index (χ0v) is 15.1. The van der Waals surface area contributed by atoms with E-state index in [0.29, 0.717) is 24.5 Å². The standard InChI is InChI=1S/C20H20FN3O3/c1-14(26-15-8-4-3-5-9-15)20(25)24(2)13-12-18-22-19(27-23-18)16-10-6-7-11-17(16)21/h3-11,14H,12-13H2,1-2H3/t14-/m0/s1. The number of hydrogen-bond donors (Lipinski definition) is 0. The van der Waals surface area contributed by atoms with Crippen LogP contribution in [0.5, 0.6) is 5.75 Å². The van der Waals surface area contributed by atoms with Gasteiger partial charge in [-0.3, -0.25) is 4.79 Å². The van der Waals surface area contributed by atoms with Crippen molar-refractivity contribution in [3.8, 4) is 17.2 Å². The molecule has 0 saturated heterocycles. The fourth-order valence-electron chi connectivity index (χ4n) is 2.54. The number of benzene rings is 2. The number of halogens is 1. The fraction of sp³-hybridized carbons (Fsp3) is 0.250. The van der Waals surface area contributed by atoms with Crippen molar-refractivity contribution in [3.63, 3.8) is 0 Å². The number of carbonyl (C=O) groups excluding carboxylic acids is 1. The Bertz CT molecular complexity index is 898. The quantitative estimate of drug-likeness (QED) is 0.639. The Balaban J connectivity index is 1.55. The first-order valence-corrected chi connectivity index (χ1v) is 8.59. The van der Waals surface area contributed by atoms with Crippen molar-refractivity contribution in [2.24, 2.45) is 0 Å². The molecule has 0 fully saturated rings. The second kappa shape index (κ2) is 8.44. The van der Waals surface area contributed by atoms with Gasteiger partial charge >= 0.3 is 0 Å². The van der Waals surface area contributed by atoms with Crippen molar-refractivity contribution in [2.75, 3.05) is 13.6 Å². The molecule has 0 aliphatic carbocycles. The van der Waals surface area contributed by atoms with E-state index < -0.39 is 11.9 Å². The number of carbonyl (C=O) groups is 1. The molecule has 0 spiro atoms. The number of rotatable bonds is 7. The number of ether oxygens (including phenoxy) is 1. The number of hydrogen-bond acceptors (Lipinski definition) is 5. The minimum atomic E-state index is -0.614. The van der Waals surface area contributed by atoms with Crippen molar-refractivity contribution in [3.05, 3.63) is 66.2 Å². The highest BCUT2D eigenvalue weighted by Gasteiger charge is 2.20. The highest BCUT2D eigenvalue weighted by Crippen LogP contribution is 2.20. The Morgan fingerprint density at radius 2 is 1.89 bits per heavy atom. The van der Waals surface area contributed by atoms with Crippen LogP contribution in [0.4, 0.5) is 4.39 Å². The van der Waals surface area contributed by atoms with Gasteiger partial charge < -0.3 is 14.2 Å². The first kappa shape index (κ1) is 18.6. The number of aromatic nitrogens is 2. The van der Waals surface area contributed by atoms with Crippen LogP contribution in [0.1, 0.15) is 12.7 Å². The van der Waals surface area contributed by atoms with Crippen molar-refractivity contribution >= 4 is 5.91 Å². The van der Waals surface area contributed by atoms with Gasteiger partial charge in [0.15, 0.2) is 11.9 Å². The maximum Gasteiger partial charge on any atom is 0.263 e. The molecule has 140 valence electrons. The van der Waals surface area contributed by atoms with E-state index in [9.17, 15) is 9.18 Å². The summed E-state index contributed by atoms with van der Waals surface area (Å²) in [5.74, 6) is 0.588. The Morgan fingerprint density at radius 1 is 1.19 bits per heavy atom. The normalized spacial score (nSPS) is 11.8. The molecule has 3 aromatic rings. The highest BCUT2D eigenvalue weighted by molar-refractivity contribution is 5.80. The van der Waals surface area contributed by atoms with Gasteiger partial charge in [-0.1, -0.05) is 35.5 Å².